The van der Waals surface area contributed by atoms with Gasteiger partial charge in [-0.25, -0.2) is 0 Å². The number of anilines is 1. The topological polar surface area (TPSA) is 76.1 Å². The van der Waals surface area contributed by atoms with Crippen LogP contribution >= 0.6 is 0 Å². The number of nitrogens with two attached hydrogens (primary N) is 1. The fraction of sp³-hybridized carbons (Fsp3) is 0.385. The van der Waals surface area contributed by atoms with Crippen LogP contribution in [0, 0.1) is 11.3 Å². The number of rotatable bonds is 5. The average Bonchev–Trinajstić information content (AvgIpc) is 2.31. The van der Waals surface area contributed by atoms with E-state index in [1.54, 1.807) is 19.1 Å². The second-order valence-corrected chi connectivity index (χ2v) is 3.69. The number of esters is 1. The quantitative estimate of drug-likeness (QED) is 0.622. The first-order chi connectivity index (χ1) is 8.17. The average molecular weight is 232 g/mol. The minimum absolute atomic E-state index is 0.177. The molecule has 1 aromatic carbocycles. The maximum atomic E-state index is 11.1. The Balaban J connectivity index is 2.48. The molecule has 0 amide bonds. The minimum atomic E-state index is -0.177. The van der Waals surface area contributed by atoms with Crippen molar-refractivity contribution in [1.29, 1.82) is 5.26 Å². The number of benzene rings is 1. The maximum absolute atomic E-state index is 11.1. The summed E-state index contributed by atoms with van der Waals surface area (Å²) in [5, 5.41) is 8.82. The van der Waals surface area contributed by atoms with Crippen LogP contribution in [0.4, 0.5) is 5.69 Å². The number of ether oxygens (including phenoxy) is 1. The molecule has 17 heavy (non-hydrogen) atoms. The predicted octanol–water partition coefficient (Wildman–Crippen LogP) is 2.03. The van der Waals surface area contributed by atoms with Gasteiger partial charge in [0.25, 0.3) is 0 Å². The van der Waals surface area contributed by atoms with E-state index in [0.29, 0.717) is 30.7 Å². The van der Waals surface area contributed by atoms with E-state index in [-0.39, 0.29) is 5.97 Å². The molecule has 0 radical (unpaired) electrons. The van der Waals surface area contributed by atoms with Crippen LogP contribution in [-0.4, -0.2) is 12.6 Å². The minimum Gasteiger partial charge on any atom is -0.466 e. The van der Waals surface area contributed by atoms with Crippen molar-refractivity contribution in [2.24, 2.45) is 0 Å². The Bertz CT molecular complexity index is 436. The van der Waals surface area contributed by atoms with Crippen molar-refractivity contribution < 1.29 is 9.53 Å². The molecule has 4 heteroatoms. The van der Waals surface area contributed by atoms with Gasteiger partial charge in [-0.15, -0.1) is 0 Å². The molecule has 0 spiro atoms. The molecule has 0 heterocycles. The second kappa shape index (κ2) is 6.54. The monoisotopic (exact) mass is 232 g/mol. The third-order valence-corrected chi connectivity index (χ3v) is 2.39. The fourth-order valence-electron chi connectivity index (χ4n) is 1.53. The van der Waals surface area contributed by atoms with E-state index in [4.69, 9.17) is 15.7 Å². The van der Waals surface area contributed by atoms with Crippen molar-refractivity contribution >= 4 is 11.7 Å². The zero-order chi connectivity index (χ0) is 12.7. The Kier molecular flexibility index (Phi) is 5.02. The van der Waals surface area contributed by atoms with Crippen LogP contribution in [0.15, 0.2) is 18.2 Å². The lowest BCUT2D eigenvalue weighted by Crippen LogP contribution is -2.04. The molecule has 0 fully saturated rings. The first-order valence-corrected chi connectivity index (χ1v) is 5.61. The Hall–Kier alpha value is -2.02. The molecule has 0 bridgehead atoms. The van der Waals surface area contributed by atoms with Crippen LogP contribution in [-0.2, 0) is 16.0 Å². The number of hydrogen-bond acceptors (Lipinski definition) is 4. The fourth-order valence-corrected chi connectivity index (χ4v) is 1.53. The molecule has 0 atom stereocenters. The van der Waals surface area contributed by atoms with Crippen LogP contribution in [0.3, 0.4) is 0 Å². The number of carbonyl (C=O) groups excluding carboxylic acids is 1. The summed E-state index contributed by atoms with van der Waals surface area (Å²) < 4.78 is 4.83. The summed E-state index contributed by atoms with van der Waals surface area (Å²) in [6.07, 6.45) is 1.86. The lowest BCUT2D eigenvalue weighted by molar-refractivity contribution is -0.143. The summed E-state index contributed by atoms with van der Waals surface area (Å²) >= 11 is 0. The van der Waals surface area contributed by atoms with Gasteiger partial charge in [-0.3, -0.25) is 4.79 Å². The molecule has 4 nitrogen and oxygen atoms in total. The van der Waals surface area contributed by atoms with Gasteiger partial charge in [0, 0.05) is 12.1 Å². The van der Waals surface area contributed by atoms with Crippen LogP contribution < -0.4 is 5.73 Å². The van der Waals surface area contributed by atoms with Crippen LogP contribution in [0.1, 0.15) is 30.9 Å². The molecule has 0 unspecified atom stereocenters. The van der Waals surface area contributed by atoms with Crippen molar-refractivity contribution in [2.75, 3.05) is 12.3 Å². The van der Waals surface area contributed by atoms with Crippen molar-refractivity contribution in [3.63, 3.8) is 0 Å². The largest absolute Gasteiger partial charge is 0.466 e. The molecule has 0 aliphatic heterocycles. The van der Waals surface area contributed by atoms with E-state index in [1.807, 2.05) is 12.1 Å². The van der Waals surface area contributed by atoms with E-state index >= 15 is 0 Å². The SMILES string of the molecule is CCOC(=O)CCCc1ccc(N)c(C#N)c1. The Morgan fingerprint density at radius 2 is 2.29 bits per heavy atom. The molecule has 2 N–H and O–H groups in total. The van der Waals surface area contributed by atoms with Gasteiger partial charge in [0.2, 0.25) is 0 Å². The Morgan fingerprint density at radius 3 is 2.94 bits per heavy atom. The van der Waals surface area contributed by atoms with Crippen molar-refractivity contribution in [2.45, 2.75) is 26.2 Å². The molecule has 0 saturated heterocycles. The summed E-state index contributed by atoms with van der Waals surface area (Å²) in [6.45, 7) is 2.20. The highest BCUT2D eigenvalue weighted by atomic mass is 16.5. The number of aryl methyl sites for hydroxylation is 1. The highest BCUT2D eigenvalue weighted by Gasteiger charge is 2.03. The summed E-state index contributed by atoms with van der Waals surface area (Å²) in [5.41, 5.74) is 7.61. The number of nitrogen functional groups attached to an aromatic ring is 1. The zero-order valence-electron chi connectivity index (χ0n) is 9.90. The zero-order valence-corrected chi connectivity index (χ0v) is 9.90. The normalized spacial score (nSPS) is 9.65. The number of carbonyl (C=O) groups is 1. The van der Waals surface area contributed by atoms with Gasteiger partial charge in [-0.2, -0.15) is 5.26 Å². The first-order valence-electron chi connectivity index (χ1n) is 5.61. The van der Waals surface area contributed by atoms with Gasteiger partial charge >= 0.3 is 5.97 Å². The molecule has 0 aromatic heterocycles. The van der Waals surface area contributed by atoms with E-state index < -0.39 is 0 Å². The van der Waals surface area contributed by atoms with Gasteiger partial charge in [0.1, 0.15) is 6.07 Å². The first kappa shape index (κ1) is 13.0. The Labute approximate surface area is 101 Å². The van der Waals surface area contributed by atoms with Crippen LogP contribution in [0.25, 0.3) is 0 Å². The van der Waals surface area contributed by atoms with Crippen molar-refractivity contribution in [1.82, 2.24) is 0 Å². The molecule has 90 valence electrons. The van der Waals surface area contributed by atoms with E-state index in [0.717, 1.165) is 12.0 Å². The van der Waals surface area contributed by atoms with Crippen molar-refractivity contribution in [3.05, 3.63) is 29.3 Å². The lowest BCUT2D eigenvalue weighted by Gasteiger charge is -2.04. The number of nitrogens with zero attached hydrogens (tertiary/aromatic N) is 1. The third-order valence-electron chi connectivity index (χ3n) is 2.39. The predicted molar refractivity (Wildman–Crippen MR) is 65.1 cm³/mol. The molecule has 1 aromatic rings. The molecule has 0 aliphatic carbocycles. The maximum Gasteiger partial charge on any atom is 0.305 e. The smallest absolute Gasteiger partial charge is 0.305 e. The van der Waals surface area contributed by atoms with Crippen molar-refractivity contribution in [3.8, 4) is 6.07 Å². The van der Waals surface area contributed by atoms with Gasteiger partial charge in [-0.05, 0) is 37.5 Å². The highest BCUT2D eigenvalue weighted by Crippen LogP contribution is 2.14. The number of nitriles is 1. The van der Waals surface area contributed by atoms with Gasteiger partial charge in [-0.1, -0.05) is 6.07 Å². The standard InChI is InChI=1S/C13H16N2O2/c1-2-17-13(16)5-3-4-10-6-7-12(15)11(8-10)9-14/h6-8H,2-5,15H2,1H3. The summed E-state index contributed by atoms with van der Waals surface area (Å²) in [4.78, 5) is 11.1. The lowest BCUT2D eigenvalue weighted by atomic mass is 10.0. The molecule has 0 aliphatic rings. The van der Waals surface area contributed by atoms with E-state index in [2.05, 4.69) is 0 Å². The van der Waals surface area contributed by atoms with Gasteiger partial charge in [0.05, 0.1) is 12.2 Å². The Morgan fingerprint density at radius 1 is 1.53 bits per heavy atom. The van der Waals surface area contributed by atoms with Gasteiger partial charge in [0.15, 0.2) is 0 Å². The summed E-state index contributed by atoms with van der Waals surface area (Å²) in [5.74, 6) is -0.177. The van der Waals surface area contributed by atoms with E-state index in [9.17, 15) is 4.79 Å². The van der Waals surface area contributed by atoms with E-state index in [1.165, 1.54) is 0 Å². The van der Waals surface area contributed by atoms with Crippen LogP contribution in [0.5, 0.6) is 0 Å². The molecular weight excluding hydrogens is 216 g/mol. The summed E-state index contributed by atoms with van der Waals surface area (Å²) in [6, 6.07) is 7.40. The molecular formula is C13H16N2O2. The highest BCUT2D eigenvalue weighted by molar-refractivity contribution is 5.69. The second-order valence-electron chi connectivity index (χ2n) is 3.69. The molecule has 0 saturated carbocycles. The third kappa shape index (κ3) is 4.15. The van der Waals surface area contributed by atoms with Gasteiger partial charge < -0.3 is 10.5 Å². The summed E-state index contributed by atoms with van der Waals surface area (Å²) in [7, 11) is 0. The molecule has 1 rings (SSSR count). The van der Waals surface area contributed by atoms with Crippen LogP contribution in [0.2, 0.25) is 0 Å². The number of hydrogen-bond donors (Lipinski definition) is 1.